The first-order valence-electron chi connectivity index (χ1n) is 6.38. The van der Waals surface area contributed by atoms with E-state index in [4.69, 9.17) is 22.1 Å². The molecule has 5 heteroatoms. The smallest absolute Gasteiger partial charge is 0.427 e. The van der Waals surface area contributed by atoms with Crippen molar-refractivity contribution in [3.63, 3.8) is 0 Å². The number of carbonyl (C=O) groups is 1. The summed E-state index contributed by atoms with van der Waals surface area (Å²) >= 11 is 0. The minimum Gasteiger partial charge on any atom is -0.427 e. The molecule has 2 aliphatic rings. The van der Waals surface area contributed by atoms with Gasteiger partial charge in [-0.1, -0.05) is 19.2 Å². The van der Waals surface area contributed by atoms with E-state index in [0.717, 1.165) is 19.3 Å². The predicted octanol–water partition coefficient (Wildman–Crippen LogP) is 2.21. The Kier molecular flexibility index (Phi) is 3.97. The van der Waals surface area contributed by atoms with E-state index in [9.17, 15) is 4.79 Å². The highest BCUT2D eigenvalue weighted by molar-refractivity contribution is 6.12. The lowest BCUT2D eigenvalue weighted by Crippen LogP contribution is -2.35. The number of rotatable bonds is 2. The van der Waals surface area contributed by atoms with Gasteiger partial charge < -0.3 is 14.2 Å². The van der Waals surface area contributed by atoms with E-state index in [2.05, 4.69) is 6.92 Å². The zero-order valence-corrected chi connectivity index (χ0v) is 10.4. The first kappa shape index (κ1) is 12.7. The molecule has 0 spiro atoms. The molecular formula is C12H19BO4. The van der Waals surface area contributed by atoms with Crippen molar-refractivity contribution >= 4 is 14.0 Å². The molecule has 0 amide bonds. The maximum Gasteiger partial charge on any atom is 0.509 e. The Labute approximate surface area is 103 Å². The van der Waals surface area contributed by atoms with Crippen LogP contribution >= 0.6 is 0 Å². The lowest BCUT2D eigenvalue weighted by molar-refractivity contribution is -0.0537. The first-order chi connectivity index (χ1) is 8.10. The van der Waals surface area contributed by atoms with Gasteiger partial charge in [0.2, 0.25) is 0 Å². The topological polar surface area (TPSA) is 44.8 Å². The SMILES string of the molecule is [B][C@H](CC)[C@@H]1CC[C@H]2OC(=O)O[C@H]2C[C@H](C)O1. The average molecular weight is 238 g/mol. The summed E-state index contributed by atoms with van der Waals surface area (Å²) in [6.45, 7) is 4.04. The normalized spacial score (nSPS) is 39.5. The van der Waals surface area contributed by atoms with Crippen molar-refractivity contribution in [2.75, 3.05) is 0 Å². The van der Waals surface area contributed by atoms with Gasteiger partial charge in [-0.2, -0.15) is 0 Å². The van der Waals surface area contributed by atoms with Crippen molar-refractivity contribution in [3.05, 3.63) is 0 Å². The van der Waals surface area contributed by atoms with Crippen molar-refractivity contribution in [3.8, 4) is 0 Å². The third-order valence-corrected chi connectivity index (χ3v) is 3.57. The van der Waals surface area contributed by atoms with E-state index in [1.165, 1.54) is 0 Å². The number of carbonyl (C=O) groups excluding carboxylic acids is 1. The molecule has 2 saturated heterocycles. The monoisotopic (exact) mass is 238 g/mol. The van der Waals surface area contributed by atoms with E-state index < -0.39 is 6.16 Å². The van der Waals surface area contributed by atoms with Crippen molar-refractivity contribution in [2.45, 2.75) is 69.8 Å². The number of ether oxygens (including phenoxy) is 3. The van der Waals surface area contributed by atoms with Crippen LogP contribution < -0.4 is 0 Å². The highest BCUT2D eigenvalue weighted by atomic mass is 16.8. The van der Waals surface area contributed by atoms with E-state index in [0.29, 0.717) is 6.42 Å². The Morgan fingerprint density at radius 1 is 1.35 bits per heavy atom. The molecule has 94 valence electrons. The van der Waals surface area contributed by atoms with Gasteiger partial charge in [0.1, 0.15) is 12.2 Å². The molecule has 17 heavy (non-hydrogen) atoms. The molecule has 0 unspecified atom stereocenters. The molecule has 4 nitrogen and oxygen atoms in total. The third kappa shape index (κ3) is 2.95. The van der Waals surface area contributed by atoms with Crippen LogP contribution in [0, 0.1) is 0 Å². The second-order valence-electron chi connectivity index (χ2n) is 4.93. The molecule has 0 aromatic carbocycles. The largest absolute Gasteiger partial charge is 0.509 e. The summed E-state index contributed by atoms with van der Waals surface area (Å²) in [6, 6.07) is 0. The van der Waals surface area contributed by atoms with Crippen LogP contribution in [0.1, 0.15) is 39.5 Å². The minimum atomic E-state index is -0.551. The number of hydrogen-bond acceptors (Lipinski definition) is 4. The molecule has 2 heterocycles. The molecule has 0 N–H and O–H groups in total. The van der Waals surface area contributed by atoms with Crippen LogP contribution in [0.15, 0.2) is 0 Å². The standard InChI is InChI=1S/C12H19BO4/c1-3-8(13)9-4-5-10-11(6-7(2)15-9)17-12(14)16-10/h7-11H,3-6H2,1-2H3/t7-,8+,9-,10+,11-/m0/s1. The van der Waals surface area contributed by atoms with Crippen molar-refractivity contribution in [2.24, 2.45) is 0 Å². The maximum atomic E-state index is 11.1. The predicted molar refractivity (Wildman–Crippen MR) is 63.1 cm³/mol. The third-order valence-electron chi connectivity index (χ3n) is 3.57. The van der Waals surface area contributed by atoms with E-state index in [1.54, 1.807) is 0 Å². The van der Waals surface area contributed by atoms with Gasteiger partial charge >= 0.3 is 6.16 Å². The summed E-state index contributed by atoms with van der Waals surface area (Å²) in [5.41, 5.74) is 0. The Balaban J connectivity index is 2.00. The Hall–Kier alpha value is -0.705. The van der Waals surface area contributed by atoms with E-state index in [1.807, 2.05) is 6.92 Å². The molecule has 0 aromatic heterocycles. The van der Waals surface area contributed by atoms with Crippen molar-refractivity contribution in [1.82, 2.24) is 0 Å². The van der Waals surface area contributed by atoms with Crippen molar-refractivity contribution < 1.29 is 19.0 Å². The molecule has 0 bridgehead atoms. The molecule has 2 fully saturated rings. The maximum absolute atomic E-state index is 11.1. The molecule has 2 rings (SSSR count). The summed E-state index contributed by atoms with van der Waals surface area (Å²) < 4.78 is 16.2. The van der Waals surface area contributed by atoms with Gasteiger partial charge in [-0.05, 0) is 19.8 Å². The Bertz CT molecular complexity index is 284. The summed E-state index contributed by atoms with van der Waals surface area (Å²) in [7, 11) is 6.03. The van der Waals surface area contributed by atoms with Crippen LogP contribution in [-0.4, -0.2) is 38.4 Å². The summed E-state index contributed by atoms with van der Waals surface area (Å²) in [5, 5.41) is 0. The first-order valence-corrected chi connectivity index (χ1v) is 6.38. The fourth-order valence-corrected chi connectivity index (χ4v) is 2.53. The molecule has 0 saturated carbocycles. The lowest BCUT2D eigenvalue weighted by atomic mass is 9.77. The van der Waals surface area contributed by atoms with Gasteiger partial charge in [0.05, 0.1) is 20.1 Å². The highest BCUT2D eigenvalue weighted by Gasteiger charge is 2.40. The van der Waals surface area contributed by atoms with Crippen LogP contribution in [-0.2, 0) is 14.2 Å². The summed E-state index contributed by atoms with van der Waals surface area (Å²) in [5.74, 6) is 0.0482. The van der Waals surface area contributed by atoms with Gasteiger partial charge in [-0.3, -0.25) is 0 Å². The van der Waals surface area contributed by atoms with Crippen LogP contribution in [0.3, 0.4) is 0 Å². The van der Waals surface area contributed by atoms with Gasteiger partial charge in [0.25, 0.3) is 0 Å². The van der Waals surface area contributed by atoms with Crippen LogP contribution in [0.25, 0.3) is 0 Å². The molecule has 0 aromatic rings. The van der Waals surface area contributed by atoms with E-state index in [-0.39, 0.29) is 30.2 Å². The fourth-order valence-electron chi connectivity index (χ4n) is 2.53. The lowest BCUT2D eigenvalue weighted by Gasteiger charge is -2.32. The number of hydrogen-bond donors (Lipinski definition) is 0. The number of fused-ring (bicyclic) bond motifs is 1. The molecule has 5 atom stereocenters. The van der Waals surface area contributed by atoms with Crippen LogP contribution in [0.4, 0.5) is 4.79 Å². The van der Waals surface area contributed by atoms with Gasteiger partial charge in [0, 0.05) is 6.42 Å². The second-order valence-corrected chi connectivity index (χ2v) is 4.93. The van der Waals surface area contributed by atoms with Gasteiger partial charge in [0.15, 0.2) is 0 Å². The second kappa shape index (κ2) is 5.30. The molecule has 0 aliphatic carbocycles. The van der Waals surface area contributed by atoms with Crippen LogP contribution in [0.2, 0.25) is 5.82 Å². The quantitative estimate of drug-likeness (QED) is 0.546. The van der Waals surface area contributed by atoms with Gasteiger partial charge in [-0.15, -0.1) is 0 Å². The Morgan fingerprint density at radius 2 is 2.06 bits per heavy atom. The summed E-state index contributed by atoms with van der Waals surface area (Å²) in [4.78, 5) is 11.1. The fraction of sp³-hybridized carbons (Fsp3) is 0.917. The van der Waals surface area contributed by atoms with Crippen molar-refractivity contribution in [1.29, 1.82) is 0 Å². The average Bonchev–Trinajstić information content (AvgIpc) is 2.60. The summed E-state index contributed by atoms with van der Waals surface area (Å²) in [6.07, 6.45) is 2.42. The highest BCUT2D eigenvalue weighted by Crippen LogP contribution is 2.31. The molecule has 2 aliphatic heterocycles. The molecular weight excluding hydrogens is 219 g/mol. The van der Waals surface area contributed by atoms with Crippen LogP contribution in [0.5, 0.6) is 0 Å². The minimum absolute atomic E-state index is 0.0416. The molecule has 2 radical (unpaired) electrons. The zero-order chi connectivity index (χ0) is 12.4. The Morgan fingerprint density at radius 3 is 2.76 bits per heavy atom. The zero-order valence-electron chi connectivity index (χ0n) is 10.4. The van der Waals surface area contributed by atoms with E-state index >= 15 is 0 Å². The van der Waals surface area contributed by atoms with Gasteiger partial charge in [-0.25, -0.2) is 4.79 Å².